The molecule has 0 heterocycles. The first-order chi connectivity index (χ1) is 11.6. The van der Waals surface area contributed by atoms with Crippen LogP contribution < -0.4 is 8.92 Å². The molecule has 0 amide bonds. The third-order valence-corrected chi connectivity index (χ3v) is 5.81. The fraction of sp³-hybridized carbons (Fsp3) is 0.294. The summed E-state index contributed by atoms with van der Waals surface area (Å²) in [5.41, 5.74) is 0.759. The molecule has 2 aromatic rings. The highest BCUT2D eigenvalue weighted by Gasteiger charge is 2.25. The molecule has 0 aliphatic rings. The van der Waals surface area contributed by atoms with E-state index in [1.165, 1.54) is 30.3 Å². The highest BCUT2D eigenvalue weighted by atomic mass is 32.2. The molecule has 136 valence electrons. The molecule has 2 rings (SSSR count). The molecule has 0 radical (unpaired) electrons. The van der Waals surface area contributed by atoms with Gasteiger partial charge >= 0.3 is 10.1 Å². The minimum absolute atomic E-state index is 0.0643. The van der Waals surface area contributed by atoms with Gasteiger partial charge in [-0.15, -0.1) is 0 Å². The van der Waals surface area contributed by atoms with Gasteiger partial charge in [-0.05, 0) is 43.2 Å². The molecule has 0 aliphatic carbocycles. The molecule has 0 atom stereocenters. The van der Waals surface area contributed by atoms with E-state index >= 15 is 0 Å². The number of benzene rings is 2. The van der Waals surface area contributed by atoms with Crippen LogP contribution in [0.4, 0.5) is 0 Å². The van der Waals surface area contributed by atoms with Gasteiger partial charge in [-0.3, -0.25) is 0 Å². The monoisotopic (exact) mass is 384 g/mol. The Morgan fingerprint density at radius 3 is 2.12 bits per heavy atom. The van der Waals surface area contributed by atoms with Crippen molar-refractivity contribution in [3.63, 3.8) is 0 Å². The van der Waals surface area contributed by atoms with E-state index in [9.17, 15) is 16.8 Å². The Labute approximate surface area is 148 Å². The summed E-state index contributed by atoms with van der Waals surface area (Å²) in [5.74, 6) is 0.554. The molecule has 0 unspecified atom stereocenters. The van der Waals surface area contributed by atoms with Gasteiger partial charge in [0.2, 0.25) is 0 Å². The fourth-order valence-electron chi connectivity index (χ4n) is 2.20. The maximum absolute atomic E-state index is 12.6. The standard InChI is InChI=1S/C17H20O6S2/c1-4-9-22-14-10-13(2)11-15(12-14)23-25(20,21)17-8-6-5-7-16(17)24(3,18)19/h5-8,10-12H,4,9H2,1-3H3. The molecule has 0 aliphatic heterocycles. The molecule has 8 heteroatoms. The van der Waals surface area contributed by atoms with Crippen molar-refractivity contribution in [1.82, 2.24) is 0 Å². The predicted octanol–water partition coefficient (Wildman–Crippen LogP) is 2.96. The van der Waals surface area contributed by atoms with Crippen LogP contribution in [-0.2, 0) is 20.0 Å². The summed E-state index contributed by atoms with van der Waals surface area (Å²) < 4.78 is 59.5. The van der Waals surface area contributed by atoms with Crippen molar-refractivity contribution in [2.24, 2.45) is 0 Å². The van der Waals surface area contributed by atoms with Crippen LogP contribution in [0.2, 0.25) is 0 Å². The highest BCUT2D eigenvalue weighted by Crippen LogP contribution is 2.28. The van der Waals surface area contributed by atoms with E-state index in [0.29, 0.717) is 12.4 Å². The van der Waals surface area contributed by atoms with Crippen LogP contribution in [0.5, 0.6) is 11.5 Å². The lowest BCUT2D eigenvalue weighted by Gasteiger charge is -2.12. The van der Waals surface area contributed by atoms with Crippen molar-refractivity contribution < 1.29 is 25.8 Å². The van der Waals surface area contributed by atoms with E-state index in [1.807, 2.05) is 6.92 Å². The summed E-state index contributed by atoms with van der Waals surface area (Å²) in [4.78, 5) is -0.694. The normalized spacial score (nSPS) is 12.0. The van der Waals surface area contributed by atoms with Crippen molar-refractivity contribution in [3.05, 3.63) is 48.0 Å². The van der Waals surface area contributed by atoms with Crippen molar-refractivity contribution in [2.45, 2.75) is 30.1 Å². The summed E-state index contributed by atoms with van der Waals surface area (Å²) in [6.07, 6.45) is 1.76. The number of aryl methyl sites for hydroxylation is 1. The van der Waals surface area contributed by atoms with E-state index in [0.717, 1.165) is 18.2 Å². The first-order valence-corrected chi connectivity index (χ1v) is 10.9. The van der Waals surface area contributed by atoms with E-state index in [2.05, 4.69) is 0 Å². The Hall–Kier alpha value is -2.06. The molecule has 0 aromatic heterocycles. The number of hydrogen-bond acceptors (Lipinski definition) is 6. The maximum atomic E-state index is 12.6. The second kappa shape index (κ2) is 7.45. The van der Waals surface area contributed by atoms with Crippen LogP contribution >= 0.6 is 0 Å². The second-order valence-corrected chi connectivity index (χ2v) is 9.09. The van der Waals surface area contributed by atoms with Crippen LogP contribution in [0.3, 0.4) is 0 Å². The van der Waals surface area contributed by atoms with Crippen LogP contribution in [0, 0.1) is 6.92 Å². The molecule has 0 spiro atoms. The van der Waals surface area contributed by atoms with Crippen LogP contribution in [0.1, 0.15) is 18.9 Å². The van der Waals surface area contributed by atoms with Crippen molar-refractivity contribution in [2.75, 3.05) is 12.9 Å². The van der Waals surface area contributed by atoms with Gasteiger partial charge in [0, 0.05) is 12.3 Å². The van der Waals surface area contributed by atoms with E-state index in [4.69, 9.17) is 8.92 Å². The largest absolute Gasteiger partial charge is 0.493 e. The van der Waals surface area contributed by atoms with Gasteiger partial charge < -0.3 is 8.92 Å². The average Bonchev–Trinajstić information content (AvgIpc) is 2.51. The van der Waals surface area contributed by atoms with Crippen LogP contribution in [0.25, 0.3) is 0 Å². The zero-order chi connectivity index (χ0) is 18.7. The quantitative estimate of drug-likeness (QED) is 0.682. The Morgan fingerprint density at radius 1 is 0.920 bits per heavy atom. The van der Waals surface area contributed by atoms with Crippen LogP contribution in [-0.4, -0.2) is 29.7 Å². The van der Waals surface area contributed by atoms with Crippen LogP contribution in [0.15, 0.2) is 52.3 Å². The van der Waals surface area contributed by atoms with Gasteiger partial charge in [0.25, 0.3) is 0 Å². The lowest BCUT2D eigenvalue weighted by molar-refractivity contribution is 0.316. The third-order valence-electron chi connectivity index (χ3n) is 3.22. The first kappa shape index (κ1) is 19.3. The van der Waals surface area contributed by atoms with Gasteiger partial charge in [-0.2, -0.15) is 8.42 Å². The predicted molar refractivity (Wildman–Crippen MR) is 94.3 cm³/mol. The van der Waals surface area contributed by atoms with Gasteiger partial charge in [0.1, 0.15) is 16.4 Å². The fourth-order valence-corrected chi connectivity index (χ4v) is 4.72. The smallest absolute Gasteiger partial charge is 0.340 e. The zero-order valence-corrected chi connectivity index (χ0v) is 15.9. The molecule has 2 aromatic carbocycles. The SMILES string of the molecule is CCCOc1cc(C)cc(OS(=O)(=O)c2ccccc2S(C)(=O)=O)c1. The summed E-state index contributed by atoms with van der Waals surface area (Å²) in [7, 11) is -8.04. The summed E-state index contributed by atoms with van der Waals surface area (Å²) >= 11 is 0. The average molecular weight is 384 g/mol. The molecule has 0 saturated carbocycles. The Morgan fingerprint density at radius 2 is 1.52 bits per heavy atom. The topological polar surface area (TPSA) is 86.7 Å². The second-order valence-electron chi connectivity index (χ2n) is 5.59. The van der Waals surface area contributed by atoms with E-state index in [1.54, 1.807) is 19.1 Å². The van der Waals surface area contributed by atoms with Crippen molar-refractivity contribution in [3.8, 4) is 11.5 Å². The summed E-state index contributed by atoms with van der Waals surface area (Å²) in [5, 5.41) is 0. The molecule has 6 nitrogen and oxygen atoms in total. The molecule has 0 bridgehead atoms. The number of rotatable bonds is 7. The van der Waals surface area contributed by atoms with Crippen molar-refractivity contribution in [1.29, 1.82) is 0 Å². The lowest BCUT2D eigenvalue weighted by Crippen LogP contribution is -2.14. The number of hydrogen-bond donors (Lipinski definition) is 0. The van der Waals surface area contributed by atoms with E-state index in [-0.39, 0.29) is 10.6 Å². The van der Waals surface area contributed by atoms with Gasteiger partial charge in [0.05, 0.1) is 11.5 Å². The van der Waals surface area contributed by atoms with Gasteiger partial charge in [-0.1, -0.05) is 19.1 Å². The Balaban J connectivity index is 2.42. The molecule has 0 saturated heterocycles. The molecule has 0 fully saturated rings. The van der Waals surface area contributed by atoms with Gasteiger partial charge in [0.15, 0.2) is 9.84 Å². The van der Waals surface area contributed by atoms with Crippen molar-refractivity contribution >= 4 is 20.0 Å². The maximum Gasteiger partial charge on any atom is 0.340 e. The minimum Gasteiger partial charge on any atom is -0.493 e. The Kier molecular flexibility index (Phi) is 5.74. The highest BCUT2D eigenvalue weighted by molar-refractivity contribution is 7.92. The first-order valence-electron chi connectivity index (χ1n) is 7.61. The molecule has 25 heavy (non-hydrogen) atoms. The summed E-state index contributed by atoms with van der Waals surface area (Å²) in [6, 6.07) is 10.1. The number of sulfone groups is 1. The molecular formula is C17H20O6S2. The third kappa shape index (κ3) is 4.96. The summed E-state index contributed by atoms with van der Waals surface area (Å²) in [6.45, 7) is 4.23. The number of ether oxygens (including phenoxy) is 1. The van der Waals surface area contributed by atoms with E-state index < -0.39 is 24.9 Å². The van der Waals surface area contributed by atoms with Gasteiger partial charge in [-0.25, -0.2) is 8.42 Å². The Bertz CT molecular complexity index is 962. The molecule has 0 N–H and O–H groups in total. The zero-order valence-electron chi connectivity index (χ0n) is 14.2. The lowest BCUT2D eigenvalue weighted by atomic mass is 10.2. The molecular weight excluding hydrogens is 364 g/mol. The minimum atomic E-state index is -4.32.